The van der Waals surface area contributed by atoms with Gasteiger partial charge in [-0.05, 0) is 25.3 Å². The van der Waals surface area contributed by atoms with Crippen molar-refractivity contribution in [3.63, 3.8) is 0 Å². The molecule has 8 heteroatoms. The summed E-state index contributed by atoms with van der Waals surface area (Å²) in [5, 5.41) is 28.1. The number of benzene rings is 1. The van der Waals surface area contributed by atoms with E-state index in [9.17, 15) is 15.4 Å². The molecular formula is C14H13N5O3. The summed E-state index contributed by atoms with van der Waals surface area (Å²) < 4.78 is 7.12. The lowest BCUT2D eigenvalue weighted by Gasteiger charge is -2.13. The first-order valence-electron chi connectivity index (χ1n) is 6.84. The summed E-state index contributed by atoms with van der Waals surface area (Å²) >= 11 is 0. The molecule has 8 nitrogen and oxygen atoms in total. The number of nitriles is 1. The third kappa shape index (κ3) is 2.31. The van der Waals surface area contributed by atoms with Crippen LogP contribution in [0.15, 0.2) is 18.2 Å². The molecule has 1 unspecified atom stereocenters. The number of rotatable bonds is 3. The maximum atomic E-state index is 11.0. The molecule has 1 aliphatic heterocycles. The highest BCUT2D eigenvalue weighted by Gasteiger charge is 2.28. The van der Waals surface area contributed by atoms with Crippen LogP contribution in [0.2, 0.25) is 0 Å². The van der Waals surface area contributed by atoms with Crippen molar-refractivity contribution in [3.05, 3.63) is 45.3 Å². The molecular weight excluding hydrogens is 286 g/mol. The number of aryl methyl sites for hydroxylation is 1. The van der Waals surface area contributed by atoms with Crippen LogP contribution >= 0.6 is 0 Å². The summed E-state index contributed by atoms with van der Waals surface area (Å²) in [6, 6.07) is 6.54. The van der Waals surface area contributed by atoms with Crippen molar-refractivity contribution in [3.8, 4) is 11.8 Å². The molecule has 0 bridgehead atoms. The Morgan fingerprint density at radius 3 is 3.00 bits per heavy atom. The smallest absolute Gasteiger partial charge is 0.271 e. The highest BCUT2D eigenvalue weighted by molar-refractivity contribution is 5.50. The van der Waals surface area contributed by atoms with Crippen molar-refractivity contribution in [2.75, 3.05) is 6.61 Å². The molecule has 3 rings (SSSR count). The summed E-state index contributed by atoms with van der Waals surface area (Å²) in [5.74, 6) is 0. The van der Waals surface area contributed by atoms with Crippen molar-refractivity contribution in [1.82, 2.24) is 15.0 Å². The summed E-state index contributed by atoms with van der Waals surface area (Å²) in [6.07, 6.45) is 1.41. The molecule has 1 fully saturated rings. The number of nitro groups is 1. The van der Waals surface area contributed by atoms with Crippen LogP contribution in [-0.4, -0.2) is 26.5 Å². The normalized spacial score (nSPS) is 17.4. The van der Waals surface area contributed by atoms with E-state index < -0.39 is 4.92 Å². The second-order valence-corrected chi connectivity index (χ2v) is 5.08. The maximum Gasteiger partial charge on any atom is 0.271 e. The number of aromatic nitrogens is 3. The number of nitro benzene ring substituents is 1. The van der Waals surface area contributed by atoms with Gasteiger partial charge in [0.05, 0.1) is 10.6 Å². The summed E-state index contributed by atoms with van der Waals surface area (Å²) in [5.41, 5.74) is 2.06. The van der Waals surface area contributed by atoms with Crippen LogP contribution in [0.3, 0.4) is 0 Å². The standard InChI is InChI=1S/C14H13N5O3/c1-9-4-5-10(19(20)21)7-12(9)18-14(11(8-15)16-17-18)13-3-2-6-22-13/h4-5,7,13H,2-3,6H2,1H3. The Bertz CT molecular complexity index is 771. The molecule has 0 saturated carbocycles. The number of nitrogens with zero attached hydrogens (tertiary/aromatic N) is 5. The predicted octanol–water partition coefficient (Wildman–Crippen LogP) is 2.21. The Morgan fingerprint density at radius 1 is 1.55 bits per heavy atom. The molecule has 112 valence electrons. The zero-order valence-electron chi connectivity index (χ0n) is 11.9. The van der Waals surface area contributed by atoms with Crippen molar-refractivity contribution in [2.45, 2.75) is 25.9 Å². The molecule has 1 aromatic carbocycles. The van der Waals surface area contributed by atoms with E-state index in [1.165, 1.54) is 16.8 Å². The van der Waals surface area contributed by atoms with Gasteiger partial charge >= 0.3 is 0 Å². The van der Waals surface area contributed by atoms with Gasteiger partial charge in [0.2, 0.25) is 0 Å². The highest BCUT2D eigenvalue weighted by Crippen LogP contribution is 2.32. The van der Waals surface area contributed by atoms with Crippen LogP contribution in [0.5, 0.6) is 0 Å². The lowest BCUT2D eigenvalue weighted by molar-refractivity contribution is -0.384. The minimum absolute atomic E-state index is 0.0344. The quantitative estimate of drug-likeness (QED) is 0.635. The number of hydrogen-bond donors (Lipinski definition) is 0. The maximum absolute atomic E-state index is 11.0. The zero-order valence-corrected chi connectivity index (χ0v) is 11.9. The van der Waals surface area contributed by atoms with E-state index in [0.29, 0.717) is 18.0 Å². The lowest BCUT2D eigenvalue weighted by atomic mass is 10.1. The molecule has 0 N–H and O–H groups in total. The van der Waals surface area contributed by atoms with E-state index in [4.69, 9.17) is 4.74 Å². The molecule has 1 aliphatic rings. The predicted molar refractivity (Wildman–Crippen MR) is 75.4 cm³/mol. The van der Waals surface area contributed by atoms with Crippen molar-refractivity contribution in [2.24, 2.45) is 0 Å². The van der Waals surface area contributed by atoms with Gasteiger partial charge in [-0.15, -0.1) is 5.10 Å². The van der Waals surface area contributed by atoms with Gasteiger partial charge in [-0.3, -0.25) is 10.1 Å². The molecule has 1 saturated heterocycles. The largest absolute Gasteiger partial charge is 0.372 e. The molecule has 0 spiro atoms. The Hall–Kier alpha value is -2.79. The second kappa shape index (κ2) is 5.54. The van der Waals surface area contributed by atoms with E-state index >= 15 is 0 Å². The SMILES string of the molecule is Cc1ccc([N+](=O)[O-])cc1-n1nnc(C#N)c1C1CCCO1. The average molecular weight is 299 g/mol. The zero-order chi connectivity index (χ0) is 15.7. The third-order valence-corrected chi connectivity index (χ3v) is 3.68. The average Bonchev–Trinajstić information content (AvgIpc) is 3.15. The molecule has 1 atom stereocenters. The van der Waals surface area contributed by atoms with Gasteiger partial charge in [0.1, 0.15) is 17.9 Å². The molecule has 0 radical (unpaired) electrons. The molecule has 1 aromatic heterocycles. The minimum atomic E-state index is -0.461. The van der Waals surface area contributed by atoms with Crippen molar-refractivity contribution < 1.29 is 9.66 Å². The molecule has 22 heavy (non-hydrogen) atoms. The summed E-state index contributed by atoms with van der Waals surface area (Å²) in [6.45, 7) is 2.45. The van der Waals surface area contributed by atoms with Gasteiger partial charge in [0.15, 0.2) is 5.69 Å². The van der Waals surface area contributed by atoms with Crippen LogP contribution in [0.4, 0.5) is 5.69 Å². The van der Waals surface area contributed by atoms with Crippen LogP contribution in [0.25, 0.3) is 5.69 Å². The third-order valence-electron chi connectivity index (χ3n) is 3.68. The van der Waals surface area contributed by atoms with E-state index in [-0.39, 0.29) is 17.5 Å². The molecule has 2 heterocycles. The van der Waals surface area contributed by atoms with E-state index in [1.807, 2.05) is 13.0 Å². The minimum Gasteiger partial charge on any atom is -0.372 e. The first kappa shape index (κ1) is 14.2. The van der Waals surface area contributed by atoms with E-state index in [0.717, 1.165) is 18.4 Å². The van der Waals surface area contributed by atoms with Crippen LogP contribution in [-0.2, 0) is 4.74 Å². The number of non-ortho nitro benzene ring substituents is 1. The Morgan fingerprint density at radius 2 is 2.36 bits per heavy atom. The van der Waals surface area contributed by atoms with Gasteiger partial charge in [0, 0.05) is 18.7 Å². The monoisotopic (exact) mass is 299 g/mol. The Kier molecular flexibility index (Phi) is 3.56. The molecule has 0 aliphatic carbocycles. The molecule has 2 aromatic rings. The first-order valence-corrected chi connectivity index (χ1v) is 6.84. The topological polar surface area (TPSA) is 107 Å². The van der Waals surface area contributed by atoms with E-state index in [1.54, 1.807) is 6.07 Å². The number of ether oxygens (including phenoxy) is 1. The van der Waals surface area contributed by atoms with Gasteiger partial charge in [-0.1, -0.05) is 11.3 Å². The lowest BCUT2D eigenvalue weighted by Crippen LogP contribution is -2.10. The summed E-state index contributed by atoms with van der Waals surface area (Å²) in [7, 11) is 0. The fourth-order valence-electron chi connectivity index (χ4n) is 2.57. The van der Waals surface area contributed by atoms with Crippen LogP contribution in [0.1, 0.15) is 35.9 Å². The van der Waals surface area contributed by atoms with Gasteiger partial charge < -0.3 is 4.74 Å². The van der Waals surface area contributed by atoms with Crippen LogP contribution in [0, 0.1) is 28.4 Å². The second-order valence-electron chi connectivity index (χ2n) is 5.08. The highest BCUT2D eigenvalue weighted by atomic mass is 16.6. The van der Waals surface area contributed by atoms with Crippen molar-refractivity contribution >= 4 is 5.69 Å². The van der Waals surface area contributed by atoms with E-state index in [2.05, 4.69) is 10.3 Å². The fraction of sp³-hybridized carbons (Fsp3) is 0.357. The Balaban J connectivity index is 2.16. The van der Waals surface area contributed by atoms with Crippen molar-refractivity contribution in [1.29, 1.82) is 5.26 Å². The van der Waals surface area contributed by atoms with Gasteiger partial charge in [0.25, 0.3) is 5.69 Å². The first-order chi connectivity index (χ1) is 10.6. The van der Waals surface area contributed by atoms with Crippen LogP contribution < -0.4 is 0 Å². The number of hydrogen-bond acceptors (Lipinski definition) is 6. The van der Waals surface area contributed by atoms with Gasteiger partial charge in [-0.2, -0.15) is 5.26 Å². The molecule has 0 amide bonds. The summed E-state index contributed by atoms with van der Waals surface area (Å²) in [4.78, 5) is 10.5. The fourth-order valence-corrected chi connectivity index (χ4v) is 2.57. The Labute approximate surface area is 126 Å². The van der Waals surface area contributed by atoms with Gasteiger partial charge in [-0.25, -0.2) is 4.68 Å².